The lowest BCUT2D eigenvalue weighted by Gasteiger charge is -2.32. The number of fused-ring (bicyclic) bond motifs is 8. The number of hydrogen-bond donors (Lipinski definition) is 0. The zero-order valence-electron chi connectivity index (χ0n) is 12.6. The molecule has 0 radical (unpaired) electrons. The van der Waals surface area contributed by atoms with Gasteiger partial charge in [-0.25, -0.2) is 4.79 Å². The highest BCUT2D eigenvalue weighted by Crippen LogP contribution is 2.64. The largest absolute Gasteiger partial charge is 0.508 e. The third-order valence-electron chi connectivity index (χ3n) is 7.15. The summed E-state index contributed by atoms with van der Waals surface area (Å²) < 4.78 is 22.4. The lowest BCUT2D eigenvalue weighted by Crippen LogP contribution is -2.35. The van der Waals surface area contributed by atoms with Crippen molar-refractivity contribution in [1.29, 1.82) is 0 Å². The molecule has 10 atom stereocenters. The number of carbonyl (C=O) groups excluding carboxylic acids is 1. The summed E-state index contributed by atoms with van der Waals surface area (Å²) in [5.74, 6) is 2.76. The van der Waals surface area contributed by atoms with Gasteiger partial charge in [-0.15, -0.1) is 0 Å². The molecule has 0 amide bonds. The molecule has 0 N–H and O–H groups in total. The Labute approximate surface area is 129 Å². The SMILES string of the molecule is O=C(OC1CCC2OC2C1)OC1CC2CC1C1CC3OC3C21. The molecule has 4 saturated carbocycles. The van der Waals surface area contributed by atoms with Gasteiger partial charge in [-0.2, -0.15) is 0 Å². The van der Waals surface area contributed by atoms with Gasteiger partial charge < -0.3 is 18.9 Å². The van der Waals surface area contributed by atoms with Crippen LogP contribution in [0.3, 0.4) is 0 Å². The topological polar surface area (TPSA) is 60.6 Å². The van der Waals surface area contributed by atoms with Gasteiger partial charge >= 0.3 is 6.16 Å². The van der Waals surface area contributed by atoms with E-state index in [4.69, 9.17) is 18.9 Å². The van der Waals surface area contributed by atoms with Crippen molar-refractivity contribution in [2.45, 2.75) is 75.1 Å². The van der Waals surface area contributed by atoms with Crippen LogP contribution in [0.5, 0.6) is 0 Å². The van der Waals surface area contributed by atoms with Crippen LogP contribution in [-0.4, -0.2) is 42.8 Å². The first-order chi connectivity index (χ1) is 10.8. The predicted molar refractivity (Wildman–Crippen MR) is 74.1 cm³/mol. The fraction of sp³-hybridized carbons (Fsp3) is 0.941. The van der Waals surface area contributed by atoms with E-state index < -0.39 is 6.16 Å². The Morgan fingerprint density at radius 2 is 1.82 bits per heavy atom. The highest BCUT2D eigenvalue weighted by atomic mass is 16.7. The fourth-order valence-corrected chi connectivity index (χ4v) is 6.16. The number of rotatable bonds is 2. The van der Waals surface area contributed by atoms with Crippen molar-refractivity contribution < 1.29 is 23.7 Å². The number of epoxide rings is 2. The Balaban J connectivity index is 1.07. The van der Waals surface area contributed by atoms with E-state index in [1.54, 1.807) is 0 Å². The number of ether oxygens (including phenoxy) is 4. The predicted octanol–water partition coefficient (Wildman–Crippen LogP) is 2.27. The van der Waals surface area contributed by atoms with E-state index in [1.807, 2.05) is 0 Å². The first-order valence-corrected chi connectivity index (χ1v) is 8.94. The van der Waals surface area contributed by atoms with Gasteiger partial charge in [0, 0.05) is 6.42 Å². The molecule has 6 fully saturated rings. The minimum atomic E-state index is -0.447. The van der Waals surface area contributed by atoms with Gasteiger partial charge in [0.05, 0.1) is 24.4 Å². The third-order valence-corrected chi connectivity index (χ3v) is 7.15. The van der Waals surface area contributed by atoms with E-state index in [0.717, 1.165) is 37.5 Å². The number of hydrogen-bond acceptors (Lipinski definition) is 5. The summed E-state index contributed by atoms with van der Waals surface area (Å²) in [5.41, 5.74) is 0. The maximum atomic E-state index is 12.1. The van der Waals surface area contributed by atoms with Crippen LogP contribution < -0.4 is 0 Å². The van der Waals surface area contributed by atoms with E-state index in [2.05, 4.69) is 0 Å². The van der Waals surface area contributed by atoms with Crippen LogP contribution in [0.25, 0.3) is 0 Å². The fourth-order valence-electron chi connectivity index (χ4n) is 6.16. The monoisotopic (exact) mass is 306 g/mol. The molecular formula is C17H22O5. The van der Waals surface area contributed by atoms with Crippen molar-refractivity contribution in [2.75, 3.05) is 0 Å². The molecule has 2 heterocycles. The average molecular weight is 306 g/mol. The van der Waals surface area contributed by atoms with Crippen molar-refractivity contribution in [1.82, 2.24) is 0 Å². The van der Waals surface area contributed by atoms with Crippen LogP contribution in [0.1, 0.15) is 38.5 Å². The third kappa shape index (κ3) is 1.75. The Kier molecular flexibility index (Phi) is 2.39. The van der Waals surface area contributed by atoms with Crippen LogP contribution in [0.2, 0.25) is 0 Å². The van der Waals surface area contributed by atoms with E-state index in [1.165, 1.54) is 12.8 Å². The molecule has 2 saturated heterocycles. The Morgan fingerprint density at radius 3 is 2.73 bits per heavy atom. The van der Waals surface area contributed by atoms with Crippen molar-refractivity contribution in [3.8, 4) is 0 Å². The molecule has 6 rings (SSSR count). The minimum Gasteiger partial charge on any atom is -0.431 e. The van der Waals surface area contributed by atoms with Crippen LogP contribution >= 0.6 is 0 Å². The van der Waals surface area contributed by atoms with Gasteiger partial charge in [0.15, 0.2) is 0 Å². The summed E-state index contributed by atoms with van der Waals surface area (Å²) in [5, 5.41) is 0. The van der Waals surface area contributed by atoms with Crippen LogP contribution in [-0.2, 0) is 18.9 Å². The highest BCUT2D eigenvalue weighted by Gasteiger charge is 2.67. The van der Waals surface area contributed by atoms with E-state index in [9.17, 15) is 4.79 Å². The van der Waals surface area contributed by atoms with Gasteiger partial charge in [-0.1, -0.05) is 0 Å². The van der Waals surface area contributed by atoms with Gasteiger partial charge in [0.2, 0.25) is 0 Å². The zero-order chi connectivity index (χ0) is 14.4. The molecule has 2 aliphatic heterocycles. The molecule has 5 nitrogen and oxygen atoms in total. The first kappa shape index (κ1) is 12.6. The standard InChI is InChI=1S/C17H22O5/c18-17(19-8-1-2-11-13(5-8)20-11)22-12-4-7-3-9(12)10-6-14-16(21-14)15(7)10/h7-16H,1-6H2. The molecule has 22 heavy (non-hydrogen) atoms. The minimum absolute atomic E-state index is 0.00452. The summed E-state index contributed by atoms with van der Waals surface area (Å²) in [6.45, 7) is 0. The Bertz CT molecular complexity index is 521. The first-order valence-electron chi connectivity index (χ1n) is 8.94. The van der Waals surface area contributed by atoms with Crippen LogP contribution in [0.15, 0.2) is 0 Å². The molecule has 2 bridgehead atoms. The Morgan fingerprint density at radius 1 is 0.864 bits per heavy atom. The molecule has 4 aliphatic carbocycles. The molecule has 6 aliphatic rings. The van der Waals surface area contributed by atoms with Crippen molar-refractivity contribution in [2.24, 2.45) is 23.7 Å². The number of carbonyl (C=O) groups is 1. The van der Waals surface area contributed by atoms with E-state index >= 15 is 0 Å². The van der Waals surface area contributed by atoms with Crippen molar-refractivity contribution >= 4 is 6.16 Å². The summed E-state index contributed by atoms with van der Waals surface area (Å²) in [4.78, 5) is 12.1. The maximum Gasteiger partial charge on any atom is 0.508 e. The summed E-state index contributed by atoms with van der Waals surface area (Å²) in [6.07, 6.45) is 7.69. The second-order valence-corrected chi connectivity index (χ2v) is 8.18. The molecule has 10 unspecified atom stereocenters. The Hall–Kier alpha value is -0.810. The van der Waals surface area contributed by atoms with Crippen LogP contribution in [0.4, 0.5) is 4.79 Å². The lowest BCUT2D eigenvalue weighted by atomic mass is 9.79. The van der Waals surface area contributed by atoms with Gasteiger partial charge in [-0.3, -0.25) is 0 Å². The molecular weight excluding hydrogens is 284 g/mol. The molecule has 0 spiro atoms. The highest BCUT2D eigenvalue weighted by molar-refractivity contribution is 5.60. The summed E-state index contributed by atoms with van der Waals surface area (Å²) >= 11 is 0. The second kappa shape index (κ2) is 4.18. The van der Waals surface area contributed by atoms with Crippen molar-refractivity contribution in [3.05, 3.63) is 0 Å². The van der Waals surface area contributed by atoms with Crippen molar-refractivity contribution in [3.63, 3.8) is 0 Å². The molecule has 5 heteroatoms. The van der Waals surface area contributed by atoms with E-state index in [0.29, 0.717) is 36.3 Å². The molecule has 0 aromatic heterocycles. The van der Waals surface area contributed by atoms with E-state index in [-0.39, 0.29) is 12.2 Å². The smallest absolute Gasteiger partial charge is 0.431 e. The van der Waals surface area contributed by atoms with Gasteiger partial charge in [0.25, 0.3) is 0 Å². The summed E-state index contributed by atoms with van der Waals surface area (Å²) in [7, 11) is 0. The normalized spacial score (nSPS) is 59.5. The second-order valence-electron chi connectivity index (χ2n) is 8.18. The quantitative estimate of drug-likeness (QED) is 0.578. The molecule has 0 aromatic carbocycles. The molecule has 0 aromatic rings. The summed E-state index contributed by atoms with van der Waals surface area (Å²) in [6, 6.07) is 0. The molecule has 120 valence electrons. The average Bonchev–Trinajstić information content (AvgIpc) is 3.31. The van der Waals surface area contributed by atoms with Gasteiger partial charge in [-0.05, 0) is 55.8 Å². The zero-order valence-corrected chi connectivity index (χ0v) is 12.6. The lowest BCUT2D eigenvalue weighted by molar-refractivity contribution is -0.0387. The van der Waals surface area contributed by atoms with Gasteiger partial charge in [0.1, 0.15) is 12.2 Å². The van der Waals surface area contributed by atoms with Crippen LogP contribution in [0, 0.1) is 23.7 Å². The maximum absolute atomic E-state index is 12.1.